The summed E-state index contributed by atoms with van der Waals surface area (Å²) in [5, 5.41) is 2.93. The number of rotatable bonds is 2. The molecule has 2 aliphatic heterocycles. The average molecular weight is 326 g/mol. The first kappa shape index (κ1) is 15.4. The summed E-state index contributed by atoms with van der Waals surface area (Å²) < 4.78 is 5.67. The van der Waals surface area contributed by atoms with Gasteiger partial charge in [-0.2, -0.15) is 0 Å². The summed E-state index contributed by atoms with van der Waals surface area (Å²) in [5.41, 5.74) is 0.905. The van der Waals surface area contributed by atoms with Crippen molar-refractivity contribution in [3.05, 3.63) is 48.0 Å². The topological polar surface area (TPSA) is 58.6 Å². The number of morpholine rings is 1. The van der Waals surface area contributed by atoms with Gasteiger partial charge in [0.2, 0.25) is 5.91 Å². The summed E-state index contributed by atoms with van der Waals surface area (Å²) in [7, 11) is 0. The highest BCUT2D eigenvalue weighted by atomic mass is 16.5. The van der Waals surface area contributed by atoms with Crippen LogP contribution in [0, 0.1) is 11.8 Å². The van der Waals surface area contributed by atoms with Crippen LogP contribution in [0.4, 0.5) is 0 Å². The van der Waals surface area contributed by atoms with Crippen LogP contribution in [0.2, 0.25) is 0 Å². The van der Waals surface area contributed by atoms with E-state index in [1.54, 1.807) is 0 Å². The van der Waals surface area contributed by atoms with Gasteiger partial charge in [-0.25, -0.2) is 0 Å². The summed E-state index contributed by atoms with van der Waals surface area (Å²) in [6.07, 6.45) is 5.91. The van der Waals surface area contributed by atoms with E-state index in [0.717, 1.165) is 31.5 Å². The maximum Gasteiger partial charge on any atom is 0.254 e. The van der Waals surface area contributed by atoms with Crippen molar-refractivity contribution in [1.82, 2.24) is 10.2 Å². The highest BCUT2D eigenvalue weighted by Gasteiger charge is 2.42. The van der Waals surface area contributed by atoms with Crippen LogP contribution in [0.5, 0.6) is 0 Å². The van der Waals surface area contributed by atoms with Gasteiger partial charge in [0.05, 0.1) is 6.04 Å². The molecule has 0 spiro atoms. The van der Waals surface area contributed by atoms with Gasteiger partial charge in [0.25, 0.3) is 5.91 Å². The Morgan fingerprint density at radius 2 is 1.75 bits per heavy atom. The summed E-state index contributed by atoms with van der Waals surface area (Å²) in [6, 6.07) is 9.17. The number of likely N-dealkylation sites (tertiary alicyclic amines) is 1. The van der Waals surface area contributed by atoms with E-state index in [4.69, 9.17) is 4.74 Å². The largest absolute Gasteiger partial charge is 0.356 e. The van der Waals surface area contributed by atoms with E-state index in [0.29, 0.717) is 11.8 Å². The van der Waals surface area contributed by atoms with Gasteiger partial charge in [-0.05, 0) is 30.2 Å². The normalized spacial score (nSPS) is 32.3. The molecule has 0 bridgehead atoms. The van der Waals surface area contributed by atoms with Crippen molar-refractivity contribution >= 4 is 11.8 Å². The van der Waals surface area contributed by atoms with Crippen molar-refractivity contribution in [2.45, 2.75) is 25.0 Å². The molecule has 1 aliphatic carbocycles. The van der Waals surface area contributed by atoms with Gasteiger partial charge in [-0.1, -0.05) is 42.5 Å². The Hall–Kier alpha value is -2.14. The van der Waals surface area contributed by atoms with E-state index in [1.165, 1.54) is 0 Å². The Balaban J connectivity index is 1.53. The molecule has 0 unspecified atom stereocenters. The lowest BCUT2D eigenvalue weighted by molar-refractivity contribution is -0.154. The molecule has 0 aromatic heterocycles. The van der Waals surface area contributed by atoms with E-state index < -0.39 is 12.1 Å². The third-order valence-electron chi connectivity index (χ3n) is 5.35. The molecule has 0 saturated carbocycles. The molecular weight excluding hydrogens is 304 g/mol. The number of fused-ring (bicyclic) bond motifs is 1. The fourth-order valence-corrected chi connectivity index (χ4v) is 4.06. The lowest BCUT2D eigenvalue weighted by atomic mass is 9.86. The van der Waals surface area contributed by atoms with E-state index >= 15 is 0 Å². The zero-order chi connectivity index (χ0) is 16.5. The van der Waals surface area contributed by atoms with E-state index in [9.17, 15) is 9.59 Å². The SMILES string of the molecule is O=C1CO[C@H](C(=O)N2C[C@H]3CC=CC[C@H]3C2)[C@@H](c2ccccc2)N1. The summed E-state index contributed by atoms with van der Waals surface area (Å²) >= 11 is 0. The van der Waals surface area contributed by atoms with Crippen molar-refractivity contribution in [2.75, 3.05) is 19.7 Å². The van der Waals surface area contributed by atoms with Crippen molar-refractivity contribution in [3.63, 3.8) is 0 Å². The number of benzene rings is 1. The maximum absolute atomic E-state index is 13.1. The molecule has 4 rings (SSSR count). The minimum absolute atomic E-state index is 0.00162. The molecule has 1 aromatic carbocycles. The Morgan fingerprint density at radius 1 is 1.08 bits per heavy atom. The fourth-order valence-electron chi connectivity index (χ4n) is 4.06. The molecule has 2 heterocycles. The minimum Gasteiger partial charge on any atom is -0.356 e. The van der Waals surface area contributed by atoms with Gasteiger partial charge in [0, 0.05) is 13.1 Å². The molecule has 1 aromatic rings. The molecular formula is C19H22N2O3. The number of carbonyl (C=O) groups is 2. The molecule has 126 valence electrons. The standard InChI is InChI=1S/C19H22N2O3/c22-16-12-24-18(17(20-16)13-6-2-1-3-7-13)19(23)21-10-14-8-4-5-9-15(14)11-21/h1-7,14-15,17-18H,8-12H2,(H,20,22)/t14-,15+,17-,18+/m1/s1. The number of hydrogen-bond donors (Lipinski definition) is 1. The zero-order valence-electron chi connectivity index (χ0n) is 13.6. The monoisotopic (exact) mass is 326 g/mol. The van der Waals surface area contributed by atoms with Gasteiger partial charge < -0.3 is 15.0 Å². The first-order chi connectivity index (χ1) is 11.7. The van der Waals surface area contributed by atoms with Crippen molar-refractivity contribution in [1.29, 1.82) is 0 Å². The third kappa shape index (κ3) is 2.84. The molecule has 5 nitrogen and oxygen atoms in total. The van der Waals surface area contributed by atoms with Gasteiger partial charge in [0.15, 0.2) is 6.10 Å². The summed E-state index contributed by atoms with van der Waals surface area (Å²) in [5.74, 6) is 0.949. The molecule has 2 amide bonds. The predicted octanol–water partition coefficient (Wildman–Crippen LogP) is 1.67. The molecule has 4 atom stereocenters. The highest BCUT2D eigenvalue weighted by Crippen LogP contribution is 2.34. The molecule has 24 heavy (non-hydrogen) atoms. The Kier molecular flexibility index (Phi) is 4.10. The smallest absolute Gasteiger partial charge is 0.254 e. The van der Waals surface area contributed by atoms with E-state index in [-0.39, 0.29) is 18.4 Å². The summed E-state index contributed by atoms with van der Waals surface area (Å²) in [4.78, 5) is 26.8. The van der Waals surface area contributed by atoms with Gasteiger partial charge >= 0.3 is 0 Å². The second-order valence-electron chi connectivity index (χ2n) is 6.89. The van der Waals surface area contributed by atoms with Crippen LogP contribution >= 0.6 is 0 Å². The number of hydrogen-bond acceptors (Lipinski definition) is 3. The number of nitrogens with zero attached hydrogens (tertiary/aromatic N) is 1. The van der Waals surface area contributed by atoms with Crippen LogP contribution in [-0.4, -0.2) is 42.5 Å². The maximum atomic E-state index is 13.1. The zero-order valence-corrected chi connectivity index (χ0v) is 13.6. The second kappa shape index (κ2) is 6.40. The number of nitrogens with one attached hydrogen (secondary N) is 1. The Bertz CT molecular complexity index is 642. The average Bonchev–Trinajstić information content (AvgIpc) is 3.06. The lowest BCUT2D eigenvalue weighted by Gasteiger charge is -2.34. The molecule has 5 heteroatoms. The van der Waals surface area contributed by atoms with Gasteiger partial charge in [-0.3, -0.25) is 9.59 Å². The van der Waals surface area contributed by atoms with Crippen LogP contribution in [0.15, 0.2) is 42.5 Å². The Labute approximate surface area is 141 Å². The summed E-state index contributed by atoms with van der Waals surface area (Å²) in [6.45, 7) is 1.54. The Morgan fingerprint density at radius 3 is 2.42 bits per heavy atom. The van der Waals surface area contributed by atoms with Crippen LogP contribution < -0.4 is 5.32 Å². The van der Waals surface area contributed by atoms with Crippen LogP contribution in [-0.2, 0) is 14.3 Å². The van der Waals surface area contributed by atoms with Crippen LogP contribution in [0.1, 0.15) is 24.4 Å². The lowest BCUT2D eigenvalue weighted by Crippen LogP contribution is -2.53. The quantitative estimate of drug-likeness (QED) is 0.841. The van der Waals surface area contributed by atoms with Crippen molar-refractivity contribution in [2.24, 2.45) is 11.8 Å². The van der Waals surface area contributed by atoms with E-state index in [1.807, 2.05) is 35.2 Å². The number of allylic oxidation sites excluding steroid dienone is 2. The van der Waals surface area contributed by atoms with E-state index in [2.05, 4.69) is 17.5 Å². The van der Waals surface area contributed by atoms with Gasteiger partial charge in [-0.15, -0.1) is 0 Å². The predicted molar refractivity (Wildman–Crippen MR) is 89.0 cm³/mol. The third-order valence-corrected chi connectivity index (χ3v) is 5.35. The highest BCUT2D eigenvalue weighted by molar-refractivity contribution is 5.86. The molecule has 1 N–H and O–H groups in total. The molecule has 0 radical (unpaired) electrons. The number of amides is 2. The first-order valence-corrected chi connectivity index (χ1v) is 8.62. The molecule has 2 saturated heterocycles. The first-order valence-electron chi connectivity index (χ1n) is 8.62. The number of carbonyl (C=O) groups excluding carboxylic acids is 2. The van der Waals surface area contributed by atoms with Crippen LogP contribution in [0.3, 0.4) is 0 Å². The van der Waals surface area contributed by atoms with Gasteiger partial charge in [0.1, 0.15) is 6.61 Å². The molecule has 3 aliphatic rings. The van der Waals surface area contributed by atoms with Crippen molar-refractivity contribution in [3.8, 4) is 0 Å². The number of ether oxygens (including phenoxy) is 1. The second-order valence-corrected chi connectivity index (χ2v) is 6.89. The fraction of sp³-hybridized carbons (Fsp3) is 0.474. The van der Waals surface area contributed by atoms with Crippen molar-refractivity contribution < 1.29 is 14.3 Å². The molecule has 2 fully saturated rings. The van der Waals surface area contributed by atoms with Crippen LogP contribution in [0.25, 0.3) is 0 Å². The minimum atomic E-state index is -0.641.